The molecule has 2 heterocycles. The van der Waals surface area contributed by atoms with Crippen LogP contribution >= 0.6 is 0 Å². The number of aromatic amines is 1. The van der Waals surface area contributed by atoms with Crippen LogP contribution in [0.4, 0.5) is 0 Å². The van der Waals surface area contributed by atoms with E-state index in [0.717, 1.165) is 0 Å². The predicted octanol–water partition coefficient (Wildman–Crippen LogP) is 1.61. The number of hydrogen-bond donors (Lipinski definition) is 1. The molecule has 0 spiro atoms. The molecule has 1 N–H and O–H groups in total. The number of hydrogen-bond acceptors (Lipinski definition) is 5. The number of aromatic nitrogens is 2. The highest BCUT2D eigenvalue weighted by Crippen LogP contribution is 2.08. The molecule has 118 valence electrons. The van der Waals surface area contributed by atoms with Crippen molar-refractivity contribution < 1.29 is 23.2 Å². The summed E-state index contributed by atoms with van der Waals surface area (Å²) in [5.41, 5.74) is 1.01. The van der Waals surface area contributed by atoms with Gasteiger partial charge in [0.2, 0.25) is 5.69 Å². The van der Waals surface area contributed by atoms with E-state index in [0.29, 0.717) is 35.7 Å². The molecule has 1 aromatic carbocycles. The number of benzene rings is 1. The lowest BCUT2D eigenvalue weighted by atomic mass is 10.2. The summed E-state index contributed by atoms with van der Waals surface area (Å²) in [5, 5.41) is 2.55. The zero-order chi connectivity index (χ0) is 16.2. The van der Waals surface area contributed by atoms with Gasteiger partial charge in [-0.25, -0.2) is 9.59 Å². The third kappa shape index (κ3) is 3.08. The van der Waals surface area contributed by atoms with Crippen LogP contribution in [0.25, 0.3) is 5.69 Å². The van der Waals surface area contributed by atoms with Crippen molar-refractivity contribution in [2.75, 3.05) is 6.61 Å². The number of rotatable bonds is 5. The van der Waals surface area contributed by atoms with Gasteiger partial charge >= 0.3 is 17.3 Å². The van der Waals surface area contributed by atoms with Gasteiger partial charge in [-0.15, -0.1) is 0 Å². The second kappa shape index (κ2) is 6.35. The van der Waals surface area contributed by atoms with Crippen molar-refractivity contribution in [3.63, 3.8) is 0 Å². The van der Waals surface area contributed by atoms with Gasteiger partial charge in [-0.1, -0.05) is 0 Å². The van der Waals surface area contributed by atoms with Crippen LogP contribution in [-0.2, 0) is 11.2 Å². The summed E-state index contributed by atoms with van der Waals surface area (Å²) in [6.45, 7) is 2.07. The van der Waals surface area contributed by atoms with Crippen LogP contribution in [0.15, 0.2) is 56.4 Å². The van der Waals surface area contributed by atoms with Crippen LogP contribution < -0.4 is 10.3 Å². The summed E-state index contributed by atoms with van der Waals surface area (Å²) in [5.74, 6) is 0.259. The van der Waals surface area contributed by atoms with E-state index in [9.17, 15) is 9.59 Å². The molecular weight excluding hydrogens is 300 g/mol. The average Bonchev–Trinajstić information content (AvgIpc) is 3.19. The molecule has 3 rings (SSSR count). The molecule has 0 fully saturated rings. The van der Waals surface area contributed by atoms with Gasteiger partial charge in [-0.2, -0.15) is 0 Å². The SMILES string of the molecule is CCOC(=O)c1ccc(-[n+]2[nH]oc(=O)c2Cc2ccco2)cc1. The van der Waals surface area contributed by atoms with E-state index < -0.39 is 5.63 Å². The first kappa shape index (κ1) is 14.8. The van der Waals surface area contributed by atoms with E-state index in [2.05, 4.69) is 5.27 Å². The lowest BCUT2D eigenvalue weighted by molar-refractivity contribution is -0.677. The Labute approximate surface area is 131 Å². The molecular formula is C16H15N2O5+. The normalized spacial score (nSPS) is 10.7. The summed E-state index contributed by atoms with van der Waals surface area (Å²) < 4.78 is 16.6. The maximum atomic E-state index is 11.9. The summed E-state index contributed by atoms with van der Waals surface area (Å²) >= 11 is 0. The first-order valence-electron chi connectivity index (χ1n) is 7.11. The van der Waals surface area contributed by atoms with Gasteiger partial charge in [0.25, 0.3) is 0 Å². The van der Waals surface area contributed by atoms with Gasteiger partial charge in [0, 0.05) is 12.1 Å². The van der Waals surface area contributed by atoms with Gasteiger partial charge in [0.15, 0.2) is 0 Å². The largest absolute Gasteiger partial charge is 0.469 e. The Hall–Kier alpha value is -3.09. The number of ether oxygens (including phenoxy) is 1. The molecule has 0 radical (unpaired) electrons. The first-order valence-corrected chi connectivity index (χ1v) is 7.11. The second-order valence-corrected chi connectivity index (χ2v) is 4.79. The number of carbonyl (C=O) groups excluding carboxylic acids is 1. The zero-order valence-corrected chi connectivity index (χ0v) is 12.4. The fourth-order valence-corrected chi connectivity index (χ4v) is 2.19. The Morgan fingerprint density at radius 1 is 1.26 bits per heavy atom. The van der Waals surface area contributed by atoms with Crippen LogP contribution in [0, 0.1) is 0 Å². The molecule has 23 heavy (non-hydrogen) atoms. The highest BCUT2D eigenvalue weighted by molar-refractivity contribution is 5.89. The number of nitrogens with one attached hydrogen (secondary N) is 1. The molecule has 3 aromatic rings. The highest BCUT2D eigenvalue weighted by Gasteiger charge is 2.24. The van der Waals surface area contributed by atoms with Crippen LogP contribution in [-0.4, -0.2) is 17.8 Å². The summed E-state index contributed by atoms with van der Waals surface area (Å²) in [7, 11) is 0. The highest BCUT2D eigenvalue weighted by atomic mass is 16.5. The monoisotopic (exact) mass is 315 g/mol. The first-order chi connectivity index (χ1) is 11.2. The van der Waals surface area contributed by atoms with E-state index in [1.54, 1.807) is 49.6 Å². The second-order valence-electron chi connectivity index (χ2n) is 4.79. The fourth-order valence-electron chi connectivity index (χ4n) is 2.19. The van der Waals surface area contributed by atoms with Crippen LogP contribution in [0.2, 0.25) is 0 Å². The quantitative estimate of drug-likeness (QED) is 0.570. The Morgan fingerprint density at radius 2 is 2.04 bits per heavy atom. The molecule has 7 heteroatoms. The molecule has 0 unspecified atom stereocenters. The molecule has 0 saturated carbocycles. The zero-order valence-electron chi connectivity index (χ0n) is 12.4. The molecule has 7 nitrogen and oxygen atoms in total. The van der Waals surface area contributed by atoms with Crippen molar-refractivity contribution in [3.8, 4) is 5.69 Å². The minimum atomic E-state index is -0.476. The number of H-pyrrole nitrogens is 1. The Kier molecular flexibility index (Phi) is 4.09. The van der Waals surface area contributed by atoms with Crippen molar-refractivity contribution in [1.82, 2.24) is 5.27 Å². The number of esters is 1. The smallest absolute Gasteiger partial charge is 0.430 e. The van der Waals surface area contributed by atoms with Crippen LogP contribution in [0.5, 0.6) is 0 Å². The number of nitrogens with zero attached hydrogens (tertiary/aromatic N) is 1. The Morgan fingerprint density at radius 3 is 2.70 bits per heavy atom. The van der Waals surface area contributed by atoms with Crippen molar-refractivity contribution in [1.29, 1.82) is 0 Å². The molecule has 0 amide bonds. The van der Waals surface area contributed by atoms with Crippen molar-refractivity contribution >= 4 is 5.97 Å². The minimum absolute atomic E-state index is 0.290. The average molecular weight is 315 g/mol. The van der Waals surface area contributed by atoms with Gasteiger partial charge in [-0.05, 0) is 41.1 Å². The third-order valence-corrected chi connectivity index (χ3v) is 3.29. The lowest BCUT2D eigenvalue weighted by Gasteiger charge is -2.00. The summed E-state index contributed by atoms with van der Waals surface area (Å²) in [4.78, 5) is 23.5. The van der Waals surface area contributed by atoms with Gasteiger partial charge in [0.05, 0.1) is 18.4 Å². The molecule has 0 aliphatic heterocycles. The number of carbonyl (C=O) groups is 1. The summed E-state index contributed by atoms with van der Waals surface area (Å²) in [6, 6.07) is 10.2. The predicted molar refractivity (Wildman–Crippen MR) is 78.3 cm³/mol. The van der Waals surface area contributed by atoms with Gasteiger partial charge in [0.1, 0.15) is 12.2 Å². The topological polar surface area (TPSA) is 89.3 Å². The van der Waals surface area contributed by atoms with Crippen LogP contribution in [0.1, 0.15) is 28.7 Å². The third-order valence-electron chi connectivity index (χ3n) is 3.29. The van der Waals surface area contributed by atoms with Crippen LogP contribution in [0.3, 0.4) is 0 Å². The fraction of sp³-hybridized carbons (Fsp3) is 0.188. The Balaban J connectivity index is 1.90. The van der Waals surface area contributed by atoms with E-state index in [1.165, 1.54) is 4.68 Å². The molecule has 2 aromatic heterocycles. The molecule has 0 saturated heterocycles. The maximum Gasteiger partial charge on any atom is 0.430 e. The molecule has 0 bridgehead atoms. The molecule has 0 aliphatic carbocycles. The minimum Gasteiger partial charge on any atom is -0.469 e. The lowest BCUT2D eigenvalue weighted by Crippen LogP contribution is -2.38. The standard InChI is InChI=1S/C16H14N2O5/c1-2-21-15(19)11-5-7-12(8-6-11)18-14(16(20)23-17-18)10-13-4-3-9-22-13/h3-9H,2,10H2,1H3/p+1. The van der Waals surface area contributed by atoms with Gasteiger partial charge < -0.3 is 9.15 Å². The van der Waals surface area contributed by atoms with Crippen molar-refractivity contribution in [2.24, 2.45) is 0 Å². The van der Waals surface area contributed by atoms with Crippen molar-refractivity contribution in [3.05, 3.63) is 70.1 Å². The van der Waals surface area contributed by atoms with Gasteiger partial charge in [-0.3, -0.25) is 4.52 Å². The van der Waals surface area contributed by atoms with E-state index in [4.69, 9.17) is 13.7 Å². The van der Waals surface area contributed by atoms with E-state index in [-0.39, 0.29) is 5.97 Å². The number of furan rings is 1. The summed E-state index contributed by atoms with van der Waals surface area (Å²) in [6.07, 6.45) is 1.83. The van der Waals surface area contributed by atoms with E-state index in [1.807, 2.05) is 0 Å². The molecule has 0 atom stereocenters. The Bertz CT molecular complexity index is 843. The molecule has 0 aliphatic rings. The van der Waals surface area contributed by atoms with E-state index >= 15 is 0 Å². The maximum absolute atomic E-state index is 11.9. The van der Waals surface area contributed by atoms with Crippen molar-refractivity contribution in [2.45, 2.75) is 13.3 Å².